The number of hydrogen-bond acceptors (Lipinski definition) is 2. The van der Waals surface area contributed by atoms with Crippen LogP contribution in [0, 0.1) is 0 Å². The minimum atomic E-state index is -1.56. The Morgan fingerprint density at radius 1 is 0.352 bits per heavy atom. The van der Waals surface area contributed by atoms with Crippen LogP contribution >= 0.6 is 0 Å². The number of anilines is 6. The Labute approximate surface area is 426 Å². The second-order valence-electron chi connectivity index (χ2n) is 23.9. The number of fused-ring (bicyclic) bond motifs is 5. The molecule has 0 atom stereocenters. The predicted octanol–water partition coefficient (Wildman–Crippen LogP) is 17.8. The van der Waals surface area contributed by atoms with Crippen molar-refractivity contribution in [2.45, 2.75) is 97.1 Å². The van der Waals surface area contributed by atoms with E-state index in [9.17, 15) is 0 Å². The lowest BCUT2D eigenvalue weighted by Crippen LogP contribution is -2.37. The molecule has 0 amide bonds. The molecule has 10 rings (SSSR count). The molecule has 71 heavy (non-hydrogen) atoms. The average molecular weight is 959 g/mol. The fourth-order valence-electron chi connectivity index (χ4n) is 11.0. The van der Waals surface area contributed by atoms with Crippen molar-refractivity contribution in [3.63, 3.8) is 0 Å². The summed E-state index contributed by atoms with van der Waals surface area (Å²) in [6.07, 6.45) is 0. The maximum Gasteiger partial charge on any atom is 0.0775 e. The van der Waals surface area contributed by atoms with Crippen molar-refractivity contribution in [3.8, 4) is 11.1 Å². The van der Waals surface area contributed by atoms with Gasteiger partial charge < -0.3 is 9.80 Å². The van der Waals surface area contributed by atoms with E-state index >= 15 is 0 Å². The molecule has 0 heterocycles. The highest BCUT2D eigenvalue weighted by Gasteiger charge is 2.48. The van der Waals surface area contributed by atoms with E-state index in [1.807, 2.05) is 0 Å². The van der Waals surface area contributed by atoms with E-state index in [1.54, 1.807) is 0 Å². The highest BCUT2D eigenvalue weighted by molar-refractivity contribution is 6.89. The molecule has 356 valence electrons. The lowest BCUT2D eigenvalue weighted by molar-refractivity contribution is 0.590. The molecule has 0 bridgehead atoms. The first kappa shape index (κ1) is 47.9. The van der Waals surface area contributed by atoms with E-state index in [4.69, 9.17) is 0 Å². The summed E-state index contributed by atoms with van der Waals surface area (Å²) in [5, 5.41) is 5.37. The van der Waals surface area contributed by atoms with Crippen LogP contribution in [0.2, 0.25) is 39.3 Å². The average Bonchev–Trinajstić information content (AvgIpc) is 3.64. The third-order valence-corrected chi connectivity index (χ3v) is 19.1. The van der Waals surface area contributed by atoms with Gasteiger partial charge in [0, 0.05) is 33.8 Å². The second kappa shape index (κ2) is 17.8. The molecule has 0 fully saturated rings. The molecule has 0 saturated heterocycles. The molecule has 0 aliphatic heterocycles. The summed E-state index contributed by atoms with van der Waals surface area (Å²) in [5.74, 6) is 0. The zero-order chi connectivity index (χ0) is 50.1. The van der Waals surface area contributed by atoms with Crippen LogP contribution in [0.5, 0.6) is 0 Å². The molecule has 4 heteroatoms. The predicted molar refractivity (Wildman–Crippen MR) is 314 cm³/mol. The zero-order valence-electron chi connectivity index (χ0n) is 44.0. The SMILES string of the molecule is CC(C)(C)c1ccc(N(c2ccc([Si](C)(C)C)cc2)c2ccc3c(c2)C(c2ccccc2)(c2ccccc2)c2cc(N(c4ccc(C(C)(C)C)cc4)c4ccc([Si](C)(C)C)cc4)c4ccccc4c2-3)cc1. The minimum Gasteiger partial charge on any atom is -0.310 e. The largest absolute Gasteiger partial charge is 0.310 e. The number of nitrogens with zero attached hydrogens (tertiary/aromatic N) is 2. The summed E-state index contributed by atoms with van der Waals surface area (Å²) in [6.45, 7) is 28.3. The van der Waals surface area contributed by atoms with Gasteiger partial charge in [-0.2, -0.15) is 0 Å². The Morgan fingerprint density at radius 2 is 0.732 bits per heavy atom. The first-order valence-electron chi connectivity index (χ1n) is 25.6. The van der Waals surface area contributed by atoms with Gasteiger partial charge in [-0.25, -0.2) is 0 Å². The van der Waals surface area contributed by atoms with Gasteiger partial charge in [0.05, 0.1) is 27.3 Å². The molecule has 1 aliphatic carbocycles. The van der Waals surface area contributed by atoms with Gasteiger partial charge in [-0.05, 0) is 127 Å². The lowest BCUT2D eigenvalue weighted by atomic mass is 9.67. The maximum atomic E-state index is 2.56. The minimum absolute atomic E-state index is 0.0289. The normalized spacial score (nSPS) is 13.5. The maximum absolute atomic E-state index is 2.56. The summed E-state index contributed by atoms with van der Waals surface area (Å²) in [4.78, 5) is 4.99. The molecular weight excluding hydrogens is 889 g/mol. The van der Waals surface area contributed by atoms with Crippen LogP contribution in [0.4, 0.5) is 34.1 Å². The molecule has 0 radical (unpaired) electrons. The fourth-order valence-corrected chi connectivity index (χ4v) is 13.3. The van der Waals surface area contributed by atoms with Crippen LogP contribution in [0.25, 0.3) is 21.9 Å². The molecule has 9 aromatic carbocycles. The first-order valence-corrected chi connectivity index (χ1v) is 32.6. The van der Waals surface area contributed by atoms with Crippen molar-refractivity contribution in [2.75, 3.05) is 9.80 Å². The van der Waals surface area contributed by atoms with Crippen LogP contribution in [0.15, 0.2) is 206 Å². The number of rotatable bonds is 10. The van der Waals surface area contributed by atoms with E-state index in [-0.39, 0.29) is 10.8 Å². The molecule has 2 nitrogen and oxygen atoms in total. The Balaban J connectivity index is 1.28. The van der Waals surface area contributed by atoms with Crippen LogP contribution in [-0.2, 0) is 16.2 Å². The molecule has 0 unspecified atom stereocenters. The number of hydrogen-bond donors (Lipinski definition) is 0. The van der Waals surface area contributed by atoms with Crippen molar-refractivity contribution < 1.29 is 0 Å². The molecule has 0 aromatic heterocycles. The van der Waals surface area contributed by atoms with Crippen LogP contribution in [0.3, 0.4) is 0 Å². The quantitative estimate of drug-likeness (QED) is 0.126. The van der Waals surface area contributed by atoms with Gasteiger partial charge >= 0.3 is 0 Å². The zero-order valence-corrected chi connectivity index (χ0v) is 46.0. The Morgan fingerprint density at radius 3 is 1.15 bits per heavy atom. The lowest BCUT2D eigenvalue weighted by Gasteiger charge is -2.36. The van der Waals surface area contributed by atoms with Crippen LogP contribution in [-0.4, -0.2) is 16.1 Å². The second-order valence-corrected chi connectivity index (χ2v) is 34.1. The van der Waals surface area contributed by atoms with Gasteiger partial charge in [-0.3, -0.25) is 0 Å². The monoisotopic (exact) mass is 959 g/mol. The third kappa shape index (κ3) is 8.70. The Kier molecular flexibility index (Phi) is 12.0. The molecule has 0 N–H and O–H groups in total. The van der Waals surface area contributed by atoms with Crippen molar-refractivity contribution in [2.24, 2.45) is 0 Å². The van der Waals surface area contributed by atoms with Crippen molar-refractivity contribution in [3.05, 3.63) is 240 Å². The van der Waals surface area contributed by atoms with E-state index in [1.165, 1.54) is 65.7 Å². The van der Waals surface area contributed by atoms with Crippen molar-refractivity contribution in [1.29, 1.82) is 0 Å². The fraction of sp³-hybridized carbons (Fsp3) is 0.224. The summed E-state index contributed by atoms with van der Waals surface area (Å²) < 4.78 is 0. The molecule has 0 saturated carbocycles. The van der Waals surface area contributed by atoms with Gasteiger partial charge in [0.15, 0.2) is 0 Å². The third-order valence-electron chi connectivity index (χ3n) is 15.0. The Hall–Kier alpha value is -6.73. The molecule has 1 aliphatic rings. The van der Waals surface area contributed by atoms with Crippen LogP contribution in [0.1, 0.15) is 74.9 Å². The van der Waals surface area contributed by atoms with Gasteiger partial charge in [-0.15, -0.1) is 0 Å². The van der Waals surface area contributed by atoms with E-state index in [2.05, 4.69) is 297 Å². The molecular formula is C67H70N2Si2. The van der Waals surface area contributed by atoms with Crippen molar-refractivity contribution in [1.82, 2.24) is 0 Å². The van der Waals surface area contributed by atoms with E-state index < -0.39 is 21.6 Å². The standard InChI is InChI=1S/C67H70N2Si2/c1-65(2,3)47-27-31-51(32-28-47)68(52-35-40-56(41-36-52)70(7,8)9)55-39-44-60-61(45-55)67(49-21-15-13-16-22-49,50-23-17-14-18-24-50)62-46-63(58-25-19-20-26-59(58)64(60)62)69(53-33-29-48(30-34-53)66(4,5)6)54-37-42-57(43-38-54)71(10,11)12/h13-46H,1-12H3. The summed E-state index contributed by atoms with van der Waals surface area (Å²) >= 11 is 0. The van der Waals surface area contributed by atoms with Crippen LogP contribution < -0.4 is 20.2 Å². The van der Waals surface area contributed by atoms with E-state index in [0.29, 0.717) is 0 Å². The summed E-state index contributed by atoms with van der Waals surface area (Å²) in [7, 11) is -3.11. The highest BCUT2D eigenvalue weighted by Crippen LogP contribution is 2.60. The highest BCUT2D eigenvalue weighted by atomic mass is 28.3. The summed E-state index contributed by atoms with van der Waals surface area (Å²) in [6, 6.07) is 79.0. The number of benzene rings is 9. The Bertz CT molecular complexity index is 3190. The molecule has 0 spiro atoms. The topological polar surface area (TPSA) is 6.48 Å². The summed E-state index contributed by atoms with van der Waals surface area (Å²) in [5.41, 5.74) is 16.5. The van der Waals surface area contributed by atoms with E-state index in [0.717, 1.165) is 34.1 Å². The van der Waals surface area contributed by atoms with Gasteiger partial charge in [0.25, 0.3) is 0 Å². The first-order chi connectivity index (χ1) is 33.7. The van der Waals surface area contributed by atoms with Gasteiger partial charge in [0.2, 0.25) is 0 Å². The smallest absolute Gasteiger partial charge is 0.0775 e. The van der Waals surface area contributed by atoms with Gasteiger partial charge in [-0.1, -0.05) is 231 Å². The molecule has 9 aromatic rings. The van der Waals surface area contributed by atoms with Gasteiger partial charge in [0.1, 0.15) is 0 Å². The van der Waals surface area contributed by atoms with Crippen molar-refractivity contribution >= 4 is 71.4 Å².